The van der Waals surface area contributed by atoms with Crippen LogP contribution in [0.15, 0.2) is 15.2 Å². The van der Waals surface area contributed by atoms with Crippen molar-refractivity contribution >= 4 is 33.2 Å². The second kappa shape index (κ2) is 6.58. The molecule has 1 aromatic rings. The van der Waals surface area contributed by atoms with E-state index in [0.717, 1.165) is 36.0 Å². The van der Waals surface area contributed by atoms with Crippen molar-refractivity contribution in [2.24, 2.45) is 11.3 Å². The maximum atomic E-state index is 11.8. The highest BCUT2D eigenvalue weighted by Crippen LogP contribution is 2.40. The van der Waals surface area contributed by atoms with Gasteiger partial charge in [-0.25, -0.2) is 0 Å². The smallest absolute Gasteiger partial charge is 0.310 e. The van der Waals surface area contributed by atoms with Crippen LogP contribution < -0.4 is 0 Å². The lowest BCUT2D eigenvalue weighted by molar-refractivity contribution is -0.153. The molecule has 1 aromatic heterocycles. The van der Waals surface area contributed by atoms with Gasteiger partial charge in [0.1, 0.15) is 0 Å². The number of halogens is 1. The minimum absolute atomic E-state index is 0.517. The lowest BCUT2D eigenvalue weighted by Crippen LogP contribution is -2.44. The summed E-state index contributed by atoms with van der Waals surface area (Å²) in [4.78, 5) is 13.9. The van der Waals surface area contributed by atoms with Gasteiger partial charge in [-0.1, -0.05) is 19.8 Å². The number of carbonyl (C=O) groups is 1. The first kappa shape index (κ1) is 16.0. The van der Waals surface area contributed by atoms with Gasteiger partial charge in [0.15, 0.2) is 0 Å². The number of hydrogen-bond donors (Lipinski definition) is 1. The Bertz CT molecular complexity index is 476. The van der Waals surface area contributed by atoms with E-state index in [4.69, 9.17) is 0 Å². The molecule has 20 heavy (non-hydrogen) atoms. The summed E-state index contributed by atoms with van der Waals surface area (Å²) >= 11 is 5.14. The topological polar surface area (TPSA) is 40.5 Å². The van der Waals surface area contributed by atoms with E-state index >= 15 is 0 Å². The highest BCUT2D eigenvalue weighted by Gasteiger charge is 2.42. The second-order valence-electron chi connectivity index (χ2n) is 6.22. The summed E-state index contributed by atoms with van der Waals surface area (Å²) in [7, 11) is 2.02. The molecule has 1 aliphatic carbocycles. The Labute approximate surface area is 133 Å². The van der Waals surface area contributed by atoms with Gasteiger partial charge in [0.05, 0.1) is 9.20 Å². The molecule has 1 aliphatic rings. The highest BCUT2D eigenvalue weighted by atomic mass is 79.9. The van der Waals surface area contributed by atoms with Crippen LogP contribution in [0.4, 0.5) is 0 Å². The van der Waals surface area contributed by atoms with E-state index in [2.05, 4.69) is 39.2 Å². The number of thiophene rings is 1. The maximum Gasteiger partial charge on any atom is 0.310 e. The van der Waals surface area contributed by atoms with Gasteiger partial charge >= 0.3 is 5.97 Å². The summed E-state index contributed by atoms with van der Waals surface area (Å²) in [6.45, 7) is 3.62. The molecule has 2 unspecified atom stereocenters. The Kier molecular flexibility index (Phi) is 5.26. The van der Waals surface area contributed by atoms with E-state index in [0.29, 0.717) is 12.5 Å². The number of hydrogen-bond acceptors (Lipinski definition) is 3. The van der Waals surface area contributed by atoms with Crippen LogP contribution in [0, 0.1) is 11.3 Å². The minimum atomic E-state index is -0.623. The third kappa shape index (κ3) is 3.83. The first-order valence-electron chi connectivity index (χ1n) is 7.06. The molecule has 5 heteroatoms. The van der Waals surface area contributed by atoms with Crippen molar-refractivity contribution < 1.29 is 9.90 Å². The van der Waals surface area contributed by atoms with Crippen LogP contribution in [0.2, 0.25) is 0 Å². The van der Waals surface area contributed by atoms with Gasteiger partial charge in [-0.15, -0.1) is 11.3 Å². The summed E-state index contributed by atoms with van der Waals surface area (Å²) in [5.41, 5.74) is 0.688. The summed E-state index contributed by atoms with van der Waals surface area (Å²) in [6, 6.07) is 2.11. The van der Waals surface area contributed by atoms with Crippen molar-refractivity contribution in [1.82, 2.24) is 4.90 Å². The van der Waals surface area contributed by atoms with Crippen molar-refractivity contribution in [1.29, 1.82) is 0 Å². The molecular formula is C15H22BrNO2S. The Morgan fingerprint density at radius 3 is 2.95 bits per heavy atom. The van der Waals surface area contributed by atoms with E-state index in [1.807, 2.05) is 7.05 Å². The summed E-state index contributed by atoms with van der Waals surface area (Å²) in [5, 5.41) is 11.8. The van der Waals surface area contributed by atoms with E-state index in [1.165, 1.54) is 5.56 Å². The van der Waals surface area contributed by atoms with Crippen molar-refractivity contribution in [3.63, 3.8) is 0 Å². The SMILES string of the molecule is CC1CCCC(CN(C)Cc2csc(Br)c2)(C(=O)O)C1. The Balaban J connectivity index is 2.02. The largest absolute Gasteiger partial charge is 0.481 e. The van der Waals surface area contributed by atoms with Crippen LogP contribution in [0.25, 0.3) is 0 Å². The molecule has 0 aromatic carbocycles. The van der Waals surface area contributed by atoms with Crippen LogP contribution in [0.5, 0.6) is 0 Å². The molecule has 1 heterocycles. The zero-order valence-corrected chi connectivity index (χ0v) is 14.5. The van der Waals surface area contributed by atoms with Gasteiger partial charge in [-0.2, -0.15) is 0 Å². The zero-order chi connectivity index (χ0) is 14.8. The van der Waals surface area contributed by atoms with Gasteiger partial charge in [0.25, 0.3) is 0 Å². The van der Waals surface area contributed by atoms with Crippen LogP contribution in [0.1, 0.15) is 38.2 Å². The molecule has 0 spiro atoms. The predicted octanol–water partition coefficient (Wildman–Crippen LogP) is 4.22. The van der Waals surface area contributed by atoms with Crippen LogP contribution >= 0.6 is 27.3 Å². The minimum Gasteiger partial charge on any atom is -0.481 e. The van der Waals surface area contributed by atoms with Crippen LogP contribution in [-0.2, 0) is 11.3 Å². The first-order chi connectivity index (χ1) is 9.41. The molecule has 0 bridgehead atoms. The van der Waals surface area contributed by atoms with Gasteiger partial charge in [-0.3, -0.25) is 4.79 Å². The molecule has 1 fully saturated rings. The summed E-state index contributed by atoms with van der Waals surface area (Å²) in [6.07, 6.45) is 3.81. The molecule has 3 nitrogen and oxygen atoms in total. The fraction of sp³-hybridized carbons (Fsp3) is 0.667. The average Bonchev–Trinajstić information content (AvgIpc) is 2.74. The number of rotatable bonds is 5. The molecule has 1 saturated carbocycles. The molecule has 0 radical (unpaired) electrons. The molecule has 0 aliphatic heterocycles. The zero-order valence-electron chi connectivity index (χ0n) is 12.1. The molecule has 0 saturated heterocycles. The van der Waals surface area contributed by atoms with Crippen molar-refractivity contribution in [2.75, 3.05) is 13.6 Å². The quantitative estimate of drug-likeness (QED) is 0.855. The van der Waals surface area contributed by atoms with E-state index < -0.39 is 11.4 Å². The lowest BCUT2D eigenvalue weighted by atomic mass is 9.69. The van der Waals surface area contributed by atoms with Crippen molar-refractivity contribution in [3.05, 3.63) is 20.8 Å². The molecule has 0 amide bonds. The third-order valence-corrected chi connectivity index (χ3v) is 5.75. The van der Waals surface area contributed by atoms with Gasteiger partial charge in [0, 0.05) is 13.1 Å². The molecule has 112 valence electrons. The number of nitrogens with zero attached hydrogens (tertiary/aromatic N) is 1. The highest BCUT2D eigenvalue weighted by molar-refractivity contribution is 9.11. The Hall–Kier alpha value is -0.390. The monoisotopic (exact) mass is 359 g/mol. The van der Waals surface area contributed by atoms with Gasteiger partial charge in [0.2, 0.25) is 0 Å². The summed E-state index contributed by atoms with van der Waals surface area (Å²) < 4.78 is 1.13. The predicted molar refractivity (Wildman–Crippen MR) is 86.1 cm³/mol. The standard InChI is InChI=1S/C15H22BrNO2S/c1-11-4-3-5-15(7-11,14(18)19)10-17(2)8-12-6-13(16)20-9-12/h6,9,11H,3-5,7-8,10H2,1-2H3,(H,18,19). The summed E-state index contributed by atoms with van der Waals surface area (Å²) in [5.74, 6) is -0.106. The molecule has 2 atom stereocenters. The number of carboxylic acids is 1. The van der Waals surface area contributed by atoms with E-state index in [9.17, 15) is 9.90 Å². The van der Waals surface area contributed by atoms with Crippen molar-refractivity contribution in [2.45, 2.75) is 39.2 Å². The fourth-order valence-corrected chi connectivity index (χ4v) is 4.58. The number of aliphatic carboxylic acids is 1. The number of carboxylic acid groups (broad SMARTS) is 1. The normalized spacial score (nSPS) is 26.9. The third-order valence-electron chi connectivity index (χ3n) is 4.19. The van der Waals surface area contributed by atoms with Crippen molar-refractivity contribution in [3.8, 4) is 0 Å². The van der Waals surface area contributed by atoms with Gasteiger partial charge < -0.3 is 10.0 Å². The van der Waals surface area contributed by atoms with Crippen LogP contribution in [0.3, 0.4) is 0 Å². The fourth-order valence-electron chi connectivity index (χ4n) is 3.38. The molecule has 1 N–H and O–H groups in total. The molecule has 2 rings (SSSR count). The molecular weight excluding hydrogens is 338 g/mol. The Morgan fingerprint density at radius 2 is 2.40 bits per heavy atom. The maximum absolute atomic E-state index is 11.8. The average molecular weight is 360 g/mol. The first-order valence-corrected chi connectivity index (χ1v) is 8.73. The Morgan fingerprint density at radius 1 is 1.65 bits per heavy atom. The van der Waals surface area contributed by atoms with E-state index in [1.54, 1.807) is 11.3 Å². The lowest BCUT2D eigenvalue weighted by Gasteiger charge is -2.39. The second-order valence-corrected chi connectivity index (χ2v) is 8.51. The van der Waals surface area contributed by atoms with E-state index in [-0.39, 0.29) is 0 Å². The van der Waals surface area contributed by atoms with Crippen LogP contribution in [-0.4, -0.2) is 29.6 Å². The van der Waals surface area contributed by atoms with Gasteiger partial charge in [-0.05, 0) is 58.7 Å².